The maximum absolute atomic E-state index is 14.6. The topological polar surface area (TPSA) is 7.94 Å². The van der Waals surface area contributed by atoms with E-state index in [1.807, 2.05) is 0 Å². The molecule has 0 atom stereocenters. The van der Waals surface area contributed by atoms with Crippen LogP contribution in [0.4, 0.5) is 13.0 Å². The van der Waals surface area contributed by atoms with Crippen molar-refractivity contribution in [2.75, 3.05) is 0 Å². The summed E-state index contributed by atoms with van der Waals surface area (Å²) in [5, 5.41) is 0. The highest BCUT2D eigenvalue weighted by Gasteiger charge is 2.51. The van der Waals surface area contributed by atoms with Crippen LogP contribution in [-0.4, -0.2) is 22.1 Å². The van der Waals surface area contributed by atoms with Crippen molar-refractivity contribution in [3.63, 3.8) is 0 Å². The van der Waals surface area contributed by atoms with E-state index in [0.717, 1.165) is 12.5 Å². The number of benzene rings is 1. The molecule has 22 heavy (non-hydrogen) atoms. The van der Waals surface area contributed by atoms with E-state index in [-0.39, 0.29) is 0 Å². The minimum atomic E-state index is -3.94. The van der Waals surface area contributed by atoms with Crippen LogP contribution in [-0.2, 0) is 0 Å². The number of fused-ring (bicyclic) bond motifs is 2. The third-order valence-electron chi connectivity index (χ3n) is 3.94. The van der Waals surface area contributed by atoms with E-state index in [4.69, 9.17) is 0 Å². The highest BCUT2D eigenvalue weighted by atomic mass is 127. The maximum Gasteiger partial charge on any atom is 0.737 e. The molecule has 0 bridgehead atoms. The van der Waals surface area contributed by atoms with Gasteiger partial charge in [0.1, 0.15) is 12.0 Å². The van der Waals surface area contributed by atoms with Crippen molar-refractivity contribution in [1.29, 1.82) is 0 Å². The Morgan fingerprint density at radius 1 is 1.18 bits per heavy atom. The normalized spacial score (nSPS) is 18.3. The fourth-order valence-electron chi connectivity index (χ4n) is 2.98. The maximum atomic E-state index is 14.6. The van der Waals surface area contributed by atoms with Gasteiger partial charge in [-0.05, 0) is 59.1 Å². The van der Waals surface area contributed by atoms with Gasteiger partial charge in [-0.2, -0.15) is 0 Å². The van der Waals surface area contributed by atoms with Crippen LogP contribution in [0.25, 0.3) is 5.57 Å². The van der Waals surface area contributed by atoms with Crippen molar-refractivity contribution in [1.82, 2.24) is 4.48 Å². The van der Waals surface area contributed by atoms with E-state index in [2.05, 4.69) is 22.6 Å². The van der Waals surface area contributed by atoms with Crippen molar-refractivity contribution in [3.8, 4) is 0 Å². The molecule has 2 nitrogen and oxygen atoms in total. The number of nitrogens with zero attached hydrogens (tertiary/aromatic N) is 2. The van der Waals surface area contributed by atoms with Gasteiger partial charge in [-0.3, -0.25) is 0 Å². The van der Waals surface area contributed by atoms with Crippen LogP contribution in [0.1, 0.15) is 11.3 Å². The van der Waals surface area contributed by atoms with E-state index in [1.165, 1.54) is 18.5 Å². The second-order valence-corrected chi connectivity index (χ2v) is 6.43. The van der Waals surface area contributed by atoms with Crippen LogP contribution in [0.3, 0.4) is 0 Å². The van der Waals surface area contributed by atoms with Gasteiger partial charge in [0.05, 0.1) is 5.57 Å². The van der Waals surface area contributed by atoms with Crippen molar-refractivity contribution in [2.24, 2.45) is 0 Å². The summed E-state index contributed by atoms with van der Waals surface area (Å²) < 4.78 is 46.2. The molecule has 0 amide bonds. The van der Waals surface area contributed by atoms with Crippen LogP contribution in [0.5, 0.6) is 0 Å². The van der Waals surface area contributed by atoms with Gasteiger partial charge in [-0.15, -0.1) is 0 Å². The third kappa shape index (κ3) is 1.78. The number of aromatic nitrogens is 1. The van der Waals surface area contributed by atoms with Gasteiger partial charge in [-0.25, -0.2) is 4.39 Å². The lowest BCUT2D eigenvalue weighted by molar-refractivity contribution is -0.356. The van der Waals surface area contributed by atoms with Gasteiger partial charge in [0.25, 0.3) is 0 Å². The zero-order valence-corrected chi connectivity index (χ0v) is 13.3. The quantitative estimate of drug-likeness (QED) is 0.497. The molecule has 1 aromatic carbocycles. The van der Waals surface area contributed by atoms with Gasteiger partial charge >= 0.3 is 6.97 Å². The average molecular weight is 412 g/mol. The van der Waals surface area contributed by atoms with Gasteiger partial charge in [-0.1, -0.05) is 0 Å². The summed E-state index contributed by atoms with van der Waals surface area (Å²) in [4.78, 5) is 0. The lowest BCUT2D eigenvalue weighted by Gasteiger charge is -2.31. The molecule has 7 heteroatoms. The highest BCUT2D eigenvalue weighted by Crippen LogP contribution is 2.39. The van der Waals surface area contributed by atoms with Crippen molar-refractivity contribution < 1.29 is 17.5 Å². The monoisotopic (exact) mass is 412 g/mol. The lowest BCUT2D eigenvalue weighted by atomic mass is 9.86. The number of allylic oxidation sites excluding steroid dienone is 2. The Balaban J connectivity index is 2.09. The smallest absolute Gasteiger partial charge is 0.396 e. The van der Waals surface area contributed by atoms with E-state index >= 15 is 0 Å². The van der Waals surface area contributed by atoms with Crippen LogP contribution >= 0.6 is 22.6 Å². The molecule has 0 saturated carbocycles. The van der Waals surface area contributed by atoms with Crippen molar-refractivity contribution >= 4 is 41.3 Å². The number of rotatable bonds is 1. The predicted octanol–water partition coefficient (Wildman–Crippen LogP) is 3.88. The number of hydrogen-bond donors (Lipinski definition) is 0. The molecule has 1 aromatic heterocycles. The summed E-state index contributed by atoms with van der Waals surface area (Å²) in [7, 11) is 0. The zero-order valence-electron chi connectivity index (χ0n) is 11.2. The second kappa shape index (κ2) is 4.61. The van der Waals surface area contributed by atoms with Gasteiger partial charge in [0.2, 0.25) is 0 Å². The molecule has 3 heterocycles. The first kappa shape index (κ1) is 13.9. The summed E-state index contributed by atoms with van der Waals surface area (Å²) in [6.45, 7) is -3.94. The highest BCUT2D eigenvalue weighted by molar-refractivity contribution is 14.1. The molecule has 110 valence electrons. The SMILES string of the molecule is Fc1ccc(I)cc1C1=C2C=CC=[N+]2[B-](F)(F)n2cccc21. The van der Waals surface area contributed by atoms with Gasteiger partial charge < -0.3 is 17.6 Å². The molecule has 2 aliphatic heterocycles. The average Bonchev–Trinajstić information content (AvgIpc) is 3.12. The molecular weight excluding hydrogens is 403 g/mol. The van der Waals surface area contributed by atoms with Crippen LogP contribution in [0.2, 0.25) is 0 Å². The predicted molar refractivity (Wildman–Crippen MR) is 88.4 cm³/mol. The van der Waals surface area contributed by atoms with Crippen LogP contribution in [0, 0.1) is 9.39 Å². The molecule has 0 aliphatic carbocycles. The summed E-state index contributed by atoms with van der Waals surface area (Å²) >= 11 is 2.08. The summed E-state index contributed by atoms with van der Waals surface area (Å²) in [6, 6.07) is 7.85. The first-order valence-electron chi connectivity index (χ1n) is 6.69. The first-order valence-corrected chi connectivity index (χ1v) is 7.77. The lowest BCUT2D eigenvalue weighted by Crippen LogP contribution is -2.49. The molecule has 0 N–H and O–H groups in total. The van der Waals surface area contributed by atoms with E-state index in [1.54, 1.807) is 36.4 Å². The first-order chi connectivity index (χ1) is 10.5. The fraction of sp³-hybridized carbons (Fsp3) is 0. The molecule has 2 aliphatic rings. The minimum absolute atomic E-state index is 0.331. The summed E-state index contributed by atoms with van der Waals surface area (Å²) in [5.74, 6) is -0.423. The summed E-state index contributed by atoms with van der Waals surface area (Å²) in [6.07, 6.45) is 5.83. The van der Waals surface area contributed by atoms with Gasteiger partial charge in [0, 0.05) is 27.0 Å². The Hall–Kier alpha value is -1.77. The Kier molecular flexibility index (Phi) is 2.91. The Bertz CT molecular complexity index is 896. The molecular formula is C15H9BF3IN2. The minimum Gasteiger partial charge on any atom is -0.396 e. The molecule has 0 fully saturated rings. The molecule has 2 aromatic rings. The molecule has 0 radical (unpaired) electrons. The van der Waals surface area contributed by atoms with E-state index < -0.39 is 12.8 Å². The summed E-state index contributed by atoms with van der Waals surface area (Å²) in [5.41, 5.74) is 1.48. The van der Waals surface area contributed by atoms with Gasteiger partial charge in [0.15, 0.2) is 5.70 Å². The van der Waals surface area contributed by atoms with Crippen molar-refractivity contribution in [3.05, 3.63) is 75.0 Å². The Labute approximate surface area is 138 Å². The molecule has 0 spiro atoms. The third-order valence-corrected chi connectivity index (χ3v) is 4.61. The van der Waals surface area contributed by atoms with Crippen LogP contribution in [0.15, 0.2) is 54.4 Å². The van der Waals surface area contributed by atoms with E-state index in [9.17, 15) is 13.0 Å². The molecule has 0 saturated heterocycles. The second-order valence-electron chi connectivity index (χ2n) is 5.19. The Morgan fingerprint density at radius 3 is 2.82 bits per heavy atom. The standard InChI is InChI=1S/C15H9BF3IN2/c17-12-6-5-10(20)9-11(12)15-13-3-1-7-21(13)16(18,19)22-8-2-4-14(15)22/h1-9H. The zero-order chi connectivity index (χ0) is 15.5. The van der Waals surface area contributed by atoms with E-state index in [0.29, 0.717) is 22.5 Å². The van der Waals surface area contributed by atoms with Crippen LogP contribution < -0.4 is 0 Å². The number of halogens is 4. The Morgan fingerprint density at radius 2 is 2.00 bits per heavy atom. The largest absolute Gasteiger partial charge is 0.737 e. The molecule has 4 rings (SSSR count). The number of hydrogen-bond acceptors (Lipinski definition) is 0. The fourth-order valence-corrected chi connectivity index (χ4v) is 3.47. The van der Waals surface area contributed by atoms with Crippen molar-refractivity contribution in [2.45, 2.75) is 0 Å². The molecule has 0 unspecified atom stereocenters.